The van der Waals surface area contributed by atoms with Gasteiger partial charge in [-0.2, -0.15) is 8.42 Å². The Morgan fingerprint density at radius 1 is 0.978 bits per heavy atom. The van der Waals surface area contributed by atoms with E-state index in [-0.39, 0.29) is 22.0 Å². The number of nitrogens with zero attached hydrogens (tertiary/aromatic N) is 5. The second-order valence-electron chi connectivity index (χ2n) is 11.8. The predicted octanol–water partition coefficient (Wildman–Crippen LogP) is 6.18. The molecule has 2 aliphatic rings. The first-order valence-corrected chi connectivity index (χ1v) is 17.2. The molecule has 0 saturated carbocycles. The lowest BCUT2D eigenvalue weighted by atomic mass is 9.95. The third-order valence-corrected chi connectivity index (χ3v) is 10.1. The second-order valence-corrected chi connectivity index (χ2v) is 13.8. The smallest absolute Gasteiger partial charge is 0.284 e. The molecule has 4 aromatic rings. The molecular weight excluding hydrogens is 620 g/mol. The molecule has 46 heavy (non-hydrogen) atoms. The molecule has 0 spiro atoms. The summed E-state index contributed by atoms with van der Waals surface area (Å²) in [6.45, 7) is 3.13. The number of rotatable bonds is 11. The van der Waals surface area contributed by atoms with Gasteiger partial charge in [0.1, 0.15) is 17.4 Å². The van der Waals surface area contributed by atoms with Crippen molar-refractivity contribution in [3.63, 3.8) is 0 Å². The van der Waals surface area contributed by atoms with Crippen molar-refractivity contribution in [3.05, 3.63) is 113 Å². The first-order chi connectivity index (χ1) is 22.2. The third kappa shape index (κ3) is 6.25. The molecule has 0 bridgehead atoms. The number of allylic oxidation sites excluding steroid dienone is 2. The minimum absolute atomic E-state index is 0.101. The van der Waals surface area contributed by atoms with Gasteiger partial charge in [0.05, 0.1) is 16.9 Å². The normalized spacial score (nSPS) is 18.7. The van der Waals surface area contributed by atoms with Gasteiger partial charge in [-0.3, -0.25) is 4.79 Å². The molecule has 2 atom stereocenters. The number of hydrogen-bond donors (Lipinski definition) is 1. The average molecular weight is 657 g/mol. The van der Waals surface area contributed by atoms with Crippen LogP contribution in [0, 0.1) is 5.92 Å². The number of nitrogens with one attached hydrogen (secondary N) is 1. The average Bonchev–Trinajstić information content (AvgIpc) is 3.54. The summed E-state index contributed by atoms with van der Waals surface area (Å²) in [7, 11) is -0.152. The van der Waals surface area contributed by atoms with Crippen molar-refractivity contribution in [2.45, 2.75) is 50.2 Å². The maximum atomic E-state index is 13.8. The fourth-order valence-electron chi connectivity index (χ4n) is 6.15. The number of carbonyl (C=O) groups excluding carboxylic acids is 1. The van der Waals surface area contributed by atoms with E-state index >= 15 is 0 Å². The van der Waals surface area contributed by atoms with Crippen LogP contribution in [0.15, 0.2) is 94.3 Å². The number of halogens is 1. The molecule has 0 radical (unpaired) electrons. The number of aromatic nitrogens is 2. The number of aldehydes is 1. The van der Waals surface area contributed by atoms with E-state index in [0.29, 0.717) is 30.0 Å². The van der Waals surface area contributed by atoms with Crippen molar-refractivity contribution in [1.29, 1.82) is 0 Å². The van der Waals surface area contributed by atoms with Gasteiger partial charge in [-0.15, -0.1) is 4.40 Å². The van der Waals surface area contributed by atoms with Crippen LogP contribution in [0.5, 0.6) is 0 Å². The van der Waals surface area contributed by atoms with Gasteiger partial charge in [-0.25, -0.2) is 9.99 Å². The molecular formula is C35H37ClN6O3S. The van der Waals surface area contributed by atoms with E-state index in [9.17, 15) is 13.2 Å². The number of anilines is 1. The van der Waals surface area contributed by atoms with Crippen LogP contribution in [0.25, 0.3) is 10.8 Å². The SMILES string of the molecule is CCCCc1nc(Cl)c(C=O)n1Cc1ccc(CN2N/C(=N\S(=O)(=O)c3cccc4c(N(C)C)cccc34)C3C=CC=CC32)cc1. The van der Waals surface area contributed by atoms with Gasteiger partial charge < -0.3 is 14.9 Å². The Hall–Kier alpha value is -4.25. The number of benzene rings is 3. The molecule has 1 aromatic heterocycles. The molecule has 1 saturated heterocycles. The maximum Gasteiger partial charge on any atom is 0.284 e. The molecule has 1 aliphatic heterocycles. The quantitative estimate of drug-likeness (QED) is 0.193. The monoisotopic (exact) mass is 656 g/mol. The molecule has 1 aliphatic carbocycles. The van der Waals surface area contributed by atoms with E-state index in [4.69, 9.17) is 11.6 Å². The summed E-state index contributed by atoms with van der Waals surface area (Å²) in [6, 6.07) is 19.0. The zero-order valence-corrected chi connectivity index (χ0v) is 27.7. The predicted molar refractivity (Wildman–Crippen MR) is 184 cm³/mol. The van der Waals surface area contributed by atoms with Gasteiger partial charge in [0, 0.05) is 50.1 Å². The highest BCUT2D eigenvalue weighted by Crippen LogP contribution is 2.33. The number of amidine groups is 1. The molecule has 11 heteroatoms. The molecule has 9 nitrogen and oxygen atoms in total. The molecule has 2 unspecified atom stereocenters. The first-order valence-electron chi connectivity index (χ1n) is 15.4. The highest BCUT2D eigenvalue weighted by molar-refractivity contribution is 7.90. The lowest BCUT2D eigenvalue weighted by Crippen LogP contribution is -2.37. The van der Waals surface area contributed by atoms with Crippen LogP contribution in [0.3, 0.4) is 0 Å². The van der Waals surface area contributed by atoms with E-state index < -0.39 is 10.0 Å². The summed E-state index contributed by atoms with van der Waals surface area (Å²) in [5.41, 5.74) is 6.70. The molecule has 3 aromatic carbocycles. The Bertz CT molecular complexity index is 1960. The van der Waals surface area contributed by atoms with Gasteiger partial charge in [0.15, 0.2) is 11.4 Å². The number of aryl methyl sites for hydroxylation is 1. The van der Waals surface area contributed by atoms with Gasteiger partial charge >= 0.3 is 0 Å². The zero-order chi connectivity index (χ0) is 32.4. The van der Waals surface area contributed by atoms with E-state index in [2.05, 4.69) is 27.8 Å². The number of carbonyl (C=O) groups is 1. The van der Waals surface area contributed by atoms with Crippen molar-refractivity contribution in [1.82, 2.24) is 20.0 Å². The maximum absolute atomic E-state index is 13.8. The Morgan fingerprint density at radius 2 is 1.67 bits per heavy atom. The molecule has 1 fully saturated rings. The summed E-state index contributed by atoms with van der Waals surface area (Å²) in [4.78, 5) is 18.3. The van der Waals surface area contributed by atoms with E-state index in [0.717, 1.165) is 53.6 Å². The van der Waals surface area contributed by atoms with Crippen LogP contribution >= 0.6 is 11.6 Å². The standard InChI is InChI=1S/C35H37ClN6O3S/c1-4-5-16-33-37-34(36)31(23-43)41(33)21-24-17-19-25(20-18-24)22-42-30-13-7-6-10-28(30)35(38-42)39-46(44,45)32-15-9-11-26-27(32)12-8-14-29(26)40(2)3/h6-15,17-20,23,28,30H,4-5,16,21-22H2,1-3H3,(H,38,39). The number of imidazole rings is 1. The summed E-state index contributed by atoms with van der Waals surface area (Å²) in [6.07, 6.45) is 11.4. The van der Waals surface area contributed by atoms with Crippen molar-refractivity contribution < 1.29 is 13.2 Å². The van der Waals surface area contributed by atoms with Crippen molar-refractivity contribution >= 4 is 50.2 Å². The minimum atomic E-state index is -4.03. The lowest BCUT2D eigenvalue weighted by molar-refractivity contribution is 0.111. The Labute approximate surface area is 274 Å². The number of unbranched alkanes of at least 4 members (excludes halogenated alkanes) is 1. The van der Waals surface area contributed by atoms with Gasteiger partial charge in [0.2, 0.25) is 0 Å². The van der Waals surface area contributed by atoms with E-state index in [1.807, 2.05) is 95.3 Å². The fourth-order valence-corrected chi connectivity index (χ4v) is 7.62. The largest absolute Gasteiger partial charge is 0.377 e. The van der Waals surface area contributed by atoms with Gasteiger partial charge in [0.25, 0.3) is 10.0 Å². The highest BCUT2D eigenvalue weighted by Gasteiger charge is 2.38. The molecule has 0 amide bonds. The molecule has 1 N–H and O–H groups in total. The Balaban J connectivity index is 1.23. The second kappa shape index (κ2) is 13.2. The lowest BCUT2D eigenvalue weighted by Gasteiger charge is -2.24. The van der Waals surface area contributed by atoms with Crippen LogP contribution < -0.4 is 10.3 Å². The summed E-state index contributed by atoms with van der Waals surface area (Å²) < 4.78 is 33.9. The van der Waals surface area contributed by atoms with Gasteiger partial charge in [-0.1, -0.05) is 97.8 Å². The number of fused-ring (bicyclic) bond motifs is 2. The van der Waals surface area contributed by atoms with Crippen LogP contribution in [-0.4, -0.2) is 55.2 Å². The van der Waals surface area contributed by atoms with E-state index in [1.54, 1.807) is 12.1 Å². The van der Waals surface area contributed by atoms with Crippen molar-refractivity contribution in [3.8, 4) is 0 Å². The number of hydrazine groups is 1. The number of sulfonamides is 1. The molecule has 238 valence electrons. The summed E-state index contributed by atoms with van der Waals surface area (Å²) >= 11 is 6.27. The topological polar surface area (TPSA) is 99.9 Å². The molecule has 6 rings (SSSR count). The van der Waals surface area contributed by atoms with Crippen molar-refractivity contribution in [2.24, 2.45) is 10.3 Å². The van der Waals surface area contributed by atoms with Crippen LogP contribution in [0.4, 0.5) is 5.69 Å². The van der Waals surface area contributed by atoms with Crippen LogP contribution in [-0.2, 0) is 29.5 Å². The van der Waals surface area contributed by atoms with Gasteiger partial charge in [-0.05, 0) is 29.7 Å². The summed E-state index contributed by atoms with van der Waals surface area (Å²) in [5.74, 6) is 0.965. The van der Waals surface area contributed by atoms with Crippen LogP contribution in [0.2, 0.25) is 5.15 Å². The van der Waals surface area contributed by atoms with E-state index in [1.165, 1.54) is 0 Å². The third-order valence-electron chi connectivity index (χ3n) is 8.50. The zero-order valence-electron chi connectivity index (χ0n) is 26.1. The fraction of sp³-hybridized carbons (Fsp3) is 0.286. The Kier molecular flexibility index (Phi) is 9.13. The van der Waals surface area contributed by atoms with Crippen LogP contribution in [0.1, 0.15) is 47.2 Å². The number of hydrogen-bond acceptors (Lipinski definition) is 6. The Morgan fingerprint density at radius 3 is 2.39 bits per heavy atom. The first kappa shape index (κ1) is 31.7. The summed E-state index contributed by atoms with van der Waals surface area (Å²) in [5, 5.41) is 3.75. The molecule has 2 heterocycles. The minimum Gasteiger partial charge on any atom is -0.377 e. The highest BCUT2D eigenvalue weighted by atomic mass is 35.5. The van der Waals surface area contributed by atoms with Crippen molar-refractivity contribution in [2.75, 3.05) is 19.0 Å².